The van der Waals surface area contributed by atoms with Crippen LogP contribution in [0.25, 0.3) is 0 Å². The summed E-state index contributed by atoms with van der Waals surface area (Å²) in [5.74, 6) is -0.167. The summed E-state index contributed by atoms with van der Waals surface area (Å²) in [7, 11) is 0. The fourth-order valence-corrected chi connectivity index (χ4v) is 2.26. The summed E-state index contributed by atoms with van der Waals surface area (Å²) in [6.07, 6.45) is 0. The fraction of sp³-hybridized carbons (Fsp3) is 0. The van der Waals surface area contributed by atoms with E-state index < -0.39 is 0 Å². The molecule has 2 aromatic rings. The highest BCUT2D eigenvalue weighted by Gasteiger charge is 2.09. The number of nitrogens with one attached hydrogen (secondary N) is 1. The maximum Gasteiger partial charge on any atom is 0.265 e. The smallest absolute Gasteiger partial charge is 0.265 e. The van der Waals surface area contributed by atoms with Crippen molar-refractivity contribution in [2.45, 2.75) is 0 Å². The number of hydrogen-bond acceptors (Lipinski definition) is 2. The van der Waals surface area contributed by atoms with Crippen LogP contribution in [-0.4, -0.2) is 5.91 Å². The van der Waals surface area contributed by atoms with Crippen molar-refractivity contribution in [2.75, 3.05) is 5.32 Å². The maximum absolute atomic E-state index is 11.7. The average molecular weight is 272 g/mol. The summed E-state index contributed by atoms with van der Waals surface area (Å²) < 4.78 is 0. The lowest BCUT2D eigenvalue weighted by atomic mass is 10.3. The molecule has 0 fully saturated rings. The van der Waals surface area contributed by atoms with Crippen molar-refractivity contribution in [2.24, 2.45) is 0 Å². The van der Waals surface area contributed by atoms with Crippen LogP contribution in [0.4, 0.5) is 5.69 Å². The molecule has 0 spiro atoms. The minimum atomic E-state index is -0.167. The van der Waals surface area contributed by atoms with Gasteiger partial charge in [0.1, 0.15) is 0 Å². The van der Waals surface area contributed by atoms with Crippen molar-refractivity contribution in [3.63, 3.8) is 0 Å². The van der Waals surface area contributed by atoms with Crippen molar-refractivity contribution < 1.29 is 4.79 Å². The zero-order chi connectivity index (χ0) is 11.5. The van der Waals surface area contributed by atoms with E-state index in [0.29, 0.717) is 20.6 Å². The van der Waals surface area contributed by atoms with E-state index in [0.717, 1.165) is 0 Å². The number of amides is 1. The van der Waals surface area contributed by atoms with Crippen molar-refractivity contribution in [3.05, 3.63) is 50.6 Å². The van der Waals surface area contributed by atoms with Gasteiger partial charge in [0, 0.05) is 5.02 Å². The third-order valence-electron chi connectivity index (χ3n) is 1.92. The highest BCUT2D eigenvalue weighted by molar-refractivity contribution is 7.12. The van der Waals surface area contributed by atoms with Gasteiger partial charge in [0.15, 0.2) is 0 Å². The Morgan fingerprint density at radius 3 is 2.69 bits per heavy atom. The molecule has 5 heteroatoms. The Kier molecular flexibility index (Phi) is 3.49. The van der Waals surface area contributed by atoms with E-state index in [1.165, 1.54) is 11.3 Å². The third kappa shape index (κ3) is 2.55. The highest BCUT2D eigenvalue weighted by Crippen LogP contribution is 2.26. The molecule has 1 aromatic heterocycles. The first-order valence-corrected chi connectivity index (χ1v) is 6.10. The molecule has 0 aliphatic carbocycles. The normalized spacial score (nSPS) is 10.1. The van der Waals surface area contributed by atoms with Crippen LogP contribution in [0.3, 0.4) is 0 Å². The molecule has 2 nitrogen and oxygen atoms in total. The van der Waals surface area contributed by atoms with Crippen LogP contribution < -0.4 is 5.32 Å². The molecule has 0 aliphatic heterocycles. The average Bonchev–Trinajstić information content (AvgIpc) is 2.75. The number of rotatable bonds is 2. The Morgan fingerprint density at radius 1 is 1.25 bits per heavy atom. The zero-order valence-electron chi connectivity index (χ0n) is 8.04. The number of anilines is 1. The molecule has 0 aliphatic rings. The largest absolute Gasteiger partial charge is 0.320 e. The second-order valence-electron chi connectivity index (χ2n) is 3.06. The summed E-state index contributed by atoms with van der Waals surface area (Å²) in [5.41, 5.74) is 0.560. The van der Waals surface area contributed by atoms with Gasteiger partial charge < -0.3 is 5.32 Å². The van der Waals surface area contributed by atoms with Crippen molar-refractivity contribution in [3.8, 4) is 0 Å². The Labute approximate surface area is 107 Å². The quantitative estimate of drug-likeness (QED) is 0.867. The van der Waals surface area contributed by atoms with Gasteiger partial charge >= 0.3 is 0 Å². The molecule has 0 unspecified atom stereocenters. The summed E-state index contributed by atoms with van der Waals surface area (Å²) >= 11 is 13.1. The van der Waals surface area contributed by atoms with Crippen molar-refractivity contribution in [1.82, 2.24) is 0 Å². The van der Waals surface area contributed by atoms with E-state index in [-0.39, 0.29) is 5.91 Å². The van der Waals surface area contributed by atoms with E-state index in [2.05, 4.69) is 5.32 Å². The Morgan fingerprint density at radius 2 is 2.06 bits per heavy atom. The van der Waals surface area contributed by atoms with Crippen LogP contribution in [0.1, 0.15) is 9.67 Å². The summed E-state index contributed by atoms with van der Waals surface area (Å²) in [4.78, 5) is 12.4. The predicted molar refractivity (Wildman–Crippen MR) is 68.7 cm³/mol. The molecule has 0 radical (unpaired) electrons. The monoisotopic (exact) mass is 271 g/mol. The van der Waals surface area contributed by atoms with Crippen LogP contribution >= 0.6 is 34.5 Å². The van der Waals surface area contributed by atoms with E-state index >= 15 is 0 Å². The lowest BCUT2D eigenvalue weighted by Crippen LogP contribution is -2.10. The van der Waals surface area contributed by atoms with Crippen LogP contribution in [-0.2, 0) is 0 Å². The van der Waals surface area contributed by atoms with Crippen molar-refractivity contribution >= 4 is 46.1 Å². The molecule has 0 atom stereocenters. The van der Waals surface area contributed by atoms with Crippen LogP contribution in [0.2, 0.25) is 10.0 Å². The number of thiophene rings is 1. The van der Waals surface area contributed by atoms with Gasteiger partial charge in [-0.1, -0.05) is 29.3 Å². The number of hydrogen-bond donors (Lipinski definition) is 1. The van der Waals surface area contributed by atoms with Crippen molar-refractivity contribution in [1.29, 1.82) is 0 Å². The second-order valence-corrected chi connectivity index (χ2v) is 4.85. The molecule has 0 saturated carbocycles. The van der Waals surface area contributed by atoms with Crippen LogP contribution in [0, 0.1) is 0 Å². The molecule has 1 heterocycles. The van der Waals surface area contributed by atoms with Gasteiger partial charge in [-0.15, -0.1) is 11.3 Å². The van der Waals surface area contributed by atoms with Crippen LogP contribution in [0.5, 0.6) is 0 Å². The third-order valence-corrected chi connectivity index (χ3v) is 3.34. The van der Waals surface area contributed by atoms with Gasteiger partial charge in [0.05, 0.1) is 15.6 Å². The topological polar surface area (TPSA) is 29.1 Å². The molecule has 2 rings (SSSR count). The molecular weight excluding hydrogens is 265 g/mol. The summed E-state index contributed by atoms with van der Waals surface area (Å²) in [5, 5.41) is 5.54. The first kappa shape index (κ1) is 11.5. The van der Waals surface area contributed by atoms with Gasteiger partial charge in [-0.25, -0.2) is 0 Å². The molecule has 0 bridgehead atoms. The number of carbonyl (C=O) groups excluding carboxylic acids is 1. The molecule has 1 aromatic carbocycles. The fourth-order valence-electron chi connectivity index (χ4n) is 1.18. The number of carbonyl (C=O) groups is 1. The standard InChI is InChI=1S/C11H7Cl2NOS/c12-7-3-4-9(8(13)6-7)14-11(15)10-2-1-5-16-10/h1-6H,(H,14,15). The van der Waals surface area contributed by atoms with Crippen LogP contribution in [0.15, 0.2) is 35.7 Å². The molecule has 0 saturated heterocycles. The van der Waals surface area contributed by atoms with Gasteiger partial charge in [-0.3, -0.25) is 4.79 Å². The second kappa shape index (κ2) is 4.87. The lowest BCUT2D eigenvalue weighted by molar-refractivity contribution is 0.103. The van der Waals surface area contributed by atoms with E-state index in [9.17, 15) is 4.79 Å². The summed E-state index contributed by atoms with van der Waals surface area (Å²) in [6.45, 7) is 0. The first-order valence-electron chi connectivity index (χ1n) is 4.47. The van der Waals surface area contributed by atoms with E-state index in [1.54, 1.807) is 24.3 Å². The maximum atomic E-state index is 11.7. The lowest BCUT2D eigenvalue weighted by Gasteiger charge is -2.05. The van der Waals surface area contributed by atoms with E-state index in [1.807, 2.05) is 11.4 Å². The van der Waals surface area contributed by atoms with Gasteiger partial charge in [-0.2, -0.15) is 0 Å². The molecular formula is C11H7Cl2NOS. The Balaban J connectivity index is 2.18. The SMILES string of the molecule is O=C(Nc1ccc(Cl)cc1Cl)c1cccs1. The van der Waals surface area contributed by atoms with Gasteiger partial charge in [0.2, 0.25) is 0 Å². The zero-order valence-corrected chi connectivity index (χ0v) is 10.4. The Bertz CT molecular complexity index is 511. The first-order chi connectivity index (χ1) is 7.66. The number of halogens is 2. The minimum Gasteiger partial charge on any atom is -0.320 e. The Hall–Kier alpha value is -1.03. The number of benzene rings is 1. The predicted octanol–water partition coefficient (Wildman–Crippen LogP) is 4.31. The minimum absolute atomic E-state index is 0.167. The highest BCUT2D eigenvalue weighted by atomic mass is 35.5. The molecule has 16 heavy (non-hydrogen) atoms. The van der Waals surface area contributed by atoms with E-state index in [4.69, 9.17) is 23.2 Å². The molecule has 1 N–H and O–H groups in total. The van der Waals surface area contributed by atoms with Gasteiger partial charge in [0.25, 0.3) is 5.91 Å². The summed E-state index contributed by atoms with van der Waals surface area (Å²) in [6, 6.07) is 8.52. The van der Waals surface area contributed by atoms with Gasteiger partial charge in [-0.05, 0) is 29.6 Å². The molecule has 82 valence electrons. The molecule has 1 amide bonds.